The second kappa shape index (κ2) is 4.66. The Kier molecular flexibility index (Phi) is 3.05. The van der Waals surface area contributed by atoms with E-state index in [9.17, 15) is 9.90 Å². The van der Waals surface area contributed by atoms with Gasteiger partial charge in [0.2, 0.25) is 0 Å². The van der Waals surface area contributed by atoms with Gasteiger partial charge in [0.15, 0.2) is 0 Å². The van der Waals surface area contributed by atoms with Crippen LogP contribution in [0.4, 0.5) is 0 Å². The van der Waals surface area contributed by atoms with E-state index < -0.39 is 5.97 Å². The van der Waals surface area contributed by atoms with Gasteiger partial charge in [-0.1, -0.05) is 36.4 Å². The van der Waals surface area contributed by atoms with E-state index in [0.717, 1.165) is 11.6 Å². The van der Waals surface area contributed by atoms with Crippen molar-refractivity contribution in [3.63, 3.8) is 0 Å². The number of carbonyl (C=O) groups excluding carboxylic acids is 1. The molecule has 0 saturated carbocycles. The summed E-state index contributed by atoms with van der Waals surface area (Å²) in [5, 5.41) is 9.27. The molecule has 1 aliphatic rings. The Balaban J connectivity index is 2.03. The van der Waals surface area contributed by atoms with E-state index in [-0.39, 0.29) is 11.9 Å². The topological polar surface area (TPSA) is 46.5 Å². The molecule has 0 bridgehead atoms. The minimum atomic E-state index is -0.494. The summed E-state index contributed by atoms with van der Waals surface area (Å²) in [6, 6.07) is 9.72. The van der Waals surface area contributed by atoms with E-state index in [2.05, 4.69) is 0 Å². The Labute approximate surface area is 93.7 Å². The summed E-state index contributed by atoms with van der Waals surface area (Å²) in [5.41, 5.74) is 1.03. The zero-order chi connectivity index (χ0) is 11.4. The lowest BCUT2D eigenvalue weighted by Crippen LogP contribution is -2.20. The molecule has 1 aliphatic heterocycles. The molecule has 1 atom stereocenters. The fourth-order valence-corrected chi connectivity index (χ4v) is 1.52. The number of aliphatic hydroxyl groups excluding tert-OH is 1. The molecule has 0 fully saturated rings. The summed E-state index contributed by atoms with van der Waals surface area (Å²) in [4.78, 5) is 11.0. The highest BCUT2D eigenvalue weighted by atomic mass is 16.5. The molecule has 1 N–H and O–H groups in total. The highest BCUT2D eigenvalue weighted by Crippen LogP contribution is 2.15. The number of hydrogen-bond acceptors (Lipinski definition) is 3. The minimum Gasteiger partial charge on any atom is -0.512 e. The van der Waals surface area contributed by atoms with Crippen LogP contribution in [0.2, 0.25) is 0 Å². The van der Waals surface area contributed by atoms with Crippen molar-refractivity contribution >= 4 is 12.0 Å². The predicted octanol–water partition coefficient (Wildman–Crippen LogP) is 2.46. The SMILES string of the molecule is O=C1C=C(O)CC(C=Cc2ccccc2)O1. The quantitative estimate of drug-likeness (QED) is 0.772. The first kappa shape index (κ1) is 10.5. The van der Waals surface area contributed by atoms with Crippen molar-refractivity contribution in [3.05, 3.63) is 53.8 Å². The number of ether oxygens (including phenoxy) is 1. The Hall–Kier alpha value is -2.03. The van der Waals surface area contributed by atoms with Crippen LogP contribution in [-0.2, 0) is 9.53 Å². The lowest BCUT2D eigenvalue weighted by atomic mass is 10.1. The van der Waals surface area contributed by atoms with E-state index in [1.807, 2.05) is 36.4 Å². The molecule has 82 valence electrons. The summed E-state index contributed by atoms with van der Waals surface area (Å²) >= 11 is 0. The van der Waals surface area contributed by atoms with Crippen LogP contribution in [0.5, 0.6) is 0 Å². The maximum atomic E-state index is 11.0. The summed E-state index contributed by atoms with van der Waals surface area (Å²) in [6.45, 7) is 0. The fraction of sp³-hybridized carbons (Fsp3) is 0.154. The third-order valence-corrected chi connectivity index (χ3v) is 2.27. The van der Waals surface area contributed by atoms with Crippen LogP contribution >= 0.6 is 0 Å². The monoisotopic (exact) mass is 216 g/mol. The van der Waals surface area contributed by atoms with Crippen LogP contribution in [0.25, 0.3) is 6.08 Å². The second-order valence-corrected chi connectivity index (χ2v) is 3.58. The molecule has 2 rings (SSSR count). The van der Waals surface area contributed by atoms with Crippen LogP contribution in [0, 0.1) is 0 Å². The van der Waals surface area contributed by atoms with Gasteiger partial charge in [0.05, 0.1) is 6.08 Å². The normalized spacial score (nSPS) is 20.6. The van der Waals surface area contributed by atoms with E-state index in [1.165, 1.54) is 0 Å². The summed E-state index contributed by atoms with van der Waals surface area (Å²) < 4.78 is 5.02. The first-order chi connectivity index (χ1) is 7.74. The summed E-state index contributed by atoms with van der Waals surface area (Å²) in [5.74, 6) is -0.426. The Morgan fingerprint density at radius 2 is 2.06 bits per heavy atom. The van der Waals surface area contributed by atoms with Gasteiger partial charge in [-0.3, -0.25) is 0 Å². The molecule has 0 saturated heterocycles. The Morgan fingerprint density at radius 3 is 2.75 bits per heavy atom. The number of rotatable bonds is 2. The number of carbonyl (C=O) groups is 1. The Morgan fingerprint density at radius 1 is 1.31 bits per heavy atom. The van der Waals surface area contributed by atoms with Crippen molar-refractivity contribution in [3.8, 4) is 0 Å². The van der Waals surface area contributed by atoms with Gasteiger partial charge in [-0.15, -0.1) is 0 Å². The van der Waals surface area contributed by atoms with Crippen LogP contribution in [0.1, 0.15) is 12.0 Å². The van der Waals surface area contributed by atoms with Gasteiger partial charge >= 0.3 is 5.97 Å². The third kappa shape index (κ3) is 2.73. The molecule has 1 unspecified atom stereocenters. The molecule has 0 radical (unpaired) electrons. The van der Waals surface area contributed by atoms with Crippen LogP contribution < -0.4 is 0 Å². The molecule has 0 amide bonds. The molecule has 1 aromatic carbocycles. The number of aliphatic hydroxyl groups is 1. The first-order valence-corrected chi connectivity index (χ1v) is 5.07. The number of hydrogen-bond donors (Lipinski definition) is 1. The second-order valence-electron chi connectivity index (χ2n) is 3.58. The van der Waals surface area contributed by atoms with Gasteiger partial charge in [0.1, 0.15) is 11.9 Å². The average Bonchev–Trinajstić information content (AvgIpc) is 2.27. The lowest BCUT2D eigenvalue weighted by Gasteiger charge is -2.16. The summed E-state index contributed by atoms with van der Waals surface area (Å²) in [7, 11) is 0. The van der Waals surface area contributed by atoms with Crippen molar-refractivity contribution in [2.45, 2.75) is 12.5 Å². The Bertz CT molecular complexity index is 432. The maximum Gasteiger partial charge on any atom is 0.334 e. The molecule has 0 spiro atoms. The van der Waals surface area contributed by atoms with Gasteiger partial charge in [-0.2, -0.15) is 0 Å². The van der Waals surface area contributed by atoms with Crippen molar-refractivity contribution < 1.29 is 14.6 Å². The van der Waals surface area contributed by atoms with E-state index >= 15 is 0 Å². The molecular formula is C13H12O3. The van der Waals surface area contributed by atoms with E-state index in [0.29, 0.717) is 6.42 Å². The molecule has 0 aromatic heterocycles. The number of esters is 1. The highest BCUT2D eigenvalue weighted by molar-refractivity contribution is 5.83. The van der Waals surface area contributed by atoms with Crippen molar-refractivity contribution in [1.82, 2.24) is 0 Å². The molecule has 1 heterocycles. The van der Waals surface area contributed by atoms with Crippen molar-refractivity contribution in [2.75, 3.05) is 0 Å². The molecule has 3 nitrogen and oxygen atoms in total. The molecular weight excluding hydrogens is 204 g/mol. The summed E-state index contributed by atoms with van der Waals surface area (Å²) in [6.07, 6.45) is 4.72. The van der Waals surface area contributed by atoms with Gasteiger partial charge < -0.3 is 9.84 Å². The van der Waals surface area contributed by atoms with Gasteiger partial charge in [0, 0.05) is 6.42 Å². The molecule has 0 aliphatic carbocycles. The smallest absolute Gasteiger partial charge is 0.334 e. The first-order valence-electron chi connectivity index (χ1n) is 5.07. The van der Waals surface area contributed by atoms with Gasteiger partial charge in [-0.05, 0) is 11.6 Å². The molecule has 3 heteroatoms. The molecule has 16 heavy (non-hydrogen) atoms. The molecule has 1 aromatic rings. The van der Waals surface area contributed by atoms with Crippen LogP contribution in [-0.4, -0.2) is 17.2 Å². The third-order valence-electron chi connectivity index (χ3n) is 2.27. The zero-order valence-electron chi connectivity index (χ0n) is 8.67. The standard InChI is InChI=1S/C13H12O3/c14-11-8-12(16-13(15)9-11)7-6-10-4-2-1-3-5-10/h1-7,9,12,14H,8H2. The fourth-order valence-electron chi connectivity index (χ4n) is 1.52. The van der Waals surface area contributed by atoms with Crippen molar-refractivity contribution in [2.24, 2.45) is 0 Å². The van der Waals surface area contributed by atoms with Crippen molar-refractivity contribution in [1.29, 1.82) is 0 Å². The van der Waals surface area contributed by atoms with Gasteiger partial charge in [0.25, 0.3) is 0 Å². The lowest BCUT2D eigenvalue weighted by molar-refractivity contribution is -0.142. The van der Waals surface area contributed by atoms with Crippen LogP contribution in [0.15, 0.2) is 48.2 Å². The number of cyclic esters (lactones) is 1. The average molecular weight is 216 g/mol. The predicted molar refractivity (Wildman–Crippen MR) is 60.7 cm³/mol. The van der Waals surface area contributed by atoms with E-state index in [4.69, 9.17) is 4.74 Å². The highest BCUT2D eigenvalue weighted by Gasteiger charge is 2.18. The van der Waals surface area contributed by atoms with E-state index in [1.54, 1.807) is 6.08 Å². The number of benzene rings is 1. The van der Waals surface area contributed by atoms with Gasteiger partial charge in [-0.25, -0.2) is 4.79 Å². The maximum absolute atomic E-state index is 11.0. The zero-order valence-corrected chi connectivity index (χ0v) is 8.67. The largest absolute Gasteiger partial charge is 0.512 e. The van der Waals surface area contributed by atoms with Crippen LogP contribution in [0.3, 0.4) is 0 Å². The minimum absolute atomic E-state index is 0.0685.